The highest BCUT2D eigenvalue weighted by Crippen LogP contribution is 2.36. The maximum atomic E-state index is 14.2. The van der Waals surface area contributed by atoms with Crippen molar-refractivity contribution in [2.24, 2.45) is 11.3 Å². The summed E-state index contributed by atoms with van der Waals surface area (Å²) in [5.41, 5.74) is 2.17. The molecule has 0 radical (unpaired) electrons. The number of pyridine rings is 1. The fourth-order valence-electron chi connectivity index (χ4n) is 9.38. The average Bonchev–Trinajstić information content (AvgIpc) is 4.14. The van der Waals surface area contributed by atoms with Gasteiger partial charge in [0.05, 0.1) is 40.0 Å². The number of hydrogen-bond donors (Lipinski definition) is 4. The minimum atomic E-state index is -3.87. The van der Waals surface area contributed by atoms with Crippen molar-refractivity contribution >= 4 is 58.1 Å². The maximum absolute atomic E-state index is 14.2. The Bertz CT molecular complexity index is 2700. The van der Waals surface area contributed by atoms with Gasteiger partial charge in [0.1, 0.15) is 23.7 Å². The molecule has 3 aromatic heterocycles. The van der Waals surface area contributed by atoms with Gasteiger partial charge in [0.25, 0.3) is 5.91 Å². The Kier molecular flexibility index (Phi) is 17.1. The number of amides is 4. The van der Waals surface area contributed by atoms with Crippen molar-refractivity contribution in [2.45, 2.75) is 109 Å². The highest BCUT2D eigenvalue weighted by molar-refractivity contribution is 7.13. The van der Waals surface area contributed by atoms with Crippen molar-refractivity contribution in [3.8, 4) is 27.4 Å². The summed E-state index contributed by atoms with van der Waals surface area (Å²) >= 11 is 6.46. The van der Waals surface area contributed by atoms with Crippen LogP contribution in [0.3, 0.4) is 0 Å². The fourth-order valence-corrected chi connectivity index (χ4v) is 10.3. The minimum absolute atomic E-state index is 0.0187. The third-order valence-electron chi connectivity index (χ3n) is 13.3. The summed E-state index contributed by atoms with van der Waals surface area (Å²) in [4.78, 5) is 68.5. The first kappa shape index (κ1) is 53.2. The molecule has 4 N–H and O–H groups in total. The van der Waals surface area contributed by atoms with Crippen LogP contribution in [0.5, 0.6) is 5.75 Å². The summed E-state index contributed by atoms with van der Waals surface area (Å²) in [6.07, 6.45) is 6.42. The predicted octanol–water partition coefficient (Wildman–Crippen LogP) is 7.93. The number of anilines is 2. The molecule has 3 fully saturated rings. The van der Waals surface area contributed by atoms with E-state index in [4.69, 9.17) is 26.1 Å². The smallest absolute Gasteiger partial charge is 0.420 e. The molecular formula is C52H62ClF2N9O8S. The Labute approximate surface area is 431 Å². The lowest BCUT2D eigenvalue weighted by atomic mass is 9.85. The number of rotatable bonds is 18. The highest BCUT2D eigenvalue weighted by Gasteiger charge is 2.44. The summed E-state index contributed by atoms with van der Waals surface area (Å²) in [5.74, 6) is -0.929. The largest absolute Gasteiger partial charge is 0.487 e. The van der Waals surface area contributed by atoms with Gasteiger partial charge < -0.3 is 45.1 Å². The minimum Gasteiger partial charge on any atom is -0.420 e. The van der Waals surface area contributed by atoms with Gasteiger partial charge in [-0.05, 0) is 97.9 Å². The van der Waals surface area contributed by atoms with Crippen molar-refractivity contribution in [2.75, 3.05) is 49.7 Å². The molecule has 0 saturated carbocycles. The normalized spacial score (nSPS) is 19.1. The molecule has 21 heteroatoms. The van der Waals surface area contributed by atoms with E-state index in [-0.39, 0.29) is 67.8 Å². The summed E-state index contributed by atoms with van der Waals surface area (Å²) in [6, 6.07) is 15.1. The Morgan fingerprint density at radius 2 is 1.75 bits per heavy atom. The molecule has 3 aliphatic heterocycles. The zero-order chi connectivity index (χ0) is 51.9. The van der Waals surface area contributed by atoms with Crippen LogP contribution in [-0.2, 0) is 30.4 Å². The van der Waals surface area contributed by atoms with Crippen molar-refractivity contribution in [1.82, 2.24) is 35.3 Å². The predicted molar refractivity (Wildman–Crippen MR) is 272 cm³/mol. The van der Waals surface area contributed by atoms with Crippen LogP contribution in [0.15, 0.2) is 78.6 Å². The van der Waals surface area contributed by atoms with Gasteiger partial charge in [0, 0.05) is 87.5 Å². The number of likely N-dealkylation sites (tertiary alicyclic amines) is 1. The molecule has 5 aromatic rings. The highest BCUT2D eigenvalue weighted by atomic mass is 35.5. The Hall–Kier alpha value is -6.06. The summed E-state index contributed by atoms with van der Waals surface area (Å²) in [6.45, 7) is 10.2. The number of aliphatic hydroxyl groups is 1. The number of carbonyl (C=O) groups excluding carboxylic acids is 4. The molecular weight excluding hydrogens is 984 g/mol. The molecule has 8 rings (SSSR count). The molecule has 2 unspecified atom stereocenters. The first-order chi connectivity index (χ1) is 34.9. The number of nitrogens with one attached hydrogen (secondary N) is 3. The number of thiazole rings is 1. The van der Waals surface area contributed by atoms with Crippen molar-refractivity contribution in [3.05, 3.63) is 95.4 Å². The van der Waals surface area contributed by atoms with Crippen molar-refractivity contribution < 1.29 is 47.3 Å². The Balaban J connectivity index is 0.837. The number of β-amino-alcohol motifs (C(OH)–C–C–N with tert-alkyl or cyclic N) is 1. The lowest BCUT2D eigenvalue weighted by molar-refractivity contribution is -0.144. The van der Waals surface area contributed by atoms with Crippen LogP contribution in [0.1, 0.15) is 93.6 Å². The first-order valence-electron chi connectivity index (χ1n) is 24.6. The van der Waals surface area contributed by atoms with Crippen LogP contribution in [0, 0.1) is 18.3 Å². The van der Waals surface area contributed by atoms with E-state index in [1.807, 2.05) is 68.2 Å². The van der Waals surface area contributed by atoms with Gasteiger partial charge in [-0.1, -0.05) is 45.0 Å². The molecule has 0 aliphatic carbocycles. The lowest BCUT2D eigenvalue weighted by Crippen LogP contribution is -2.57. The molecule has 0 spiro atoms. The Morgan fingerprint density at radius 3 is 2.42 bits per heavy atom. The molecule has 3 aliphatic rings. The van der Waals surface area contributed by atoms with Gasteiger partial charge in [0.2, 0.25) is 17.7 Å². The SMILES string of the molecule is Cc1ncsc1-c1ccc(CNC(=O)[C@@H]2C[C@@H](O)CN2C(=O)C(NC(=O)CCOCC2CCN(c3ncc(C(=O)Nc4ccc(OC(F)(F)Cl)cc4)cc3-c3ccnn3C3CCCCO3)CC2)C(C)(C)C)cc1. The van der Waals surface area contributed by atoms with E-state index in [9.17, 15) is 33.1 Å². The number of ether oxygens (including phenoxy) is 3. The quantitative estimate of drug-likeness (QED) is 0.0489. The summed E-state index contributed by atoms with van der Waals surface area (Å²) < 4.78 is 44.7. The van der Waals surface area contributed by atoms with Gasteiger partial charge in [-0.15, -0.1) is 20.1 Å². The summed E-state index contributed by atoms with van der Waals surface area (Å²) in [5, 5.41) is 23.9. The lowest BCUT2D eigenvalue weighted by Gasteiger charge is -2.35. The average molecular weight is 1050 g/mol. The molecule has 390 valence electrons. The standard InChI is InChI=1S/C52H62ClF2N9O8S/c1-32-45(73-31-58-32)35-10-8-33(9-11-35)27-57-49(68)42-26-38(65)29-63(42)50(69)46(51(2,3)4)61-43(66)19-24-70-30-34-17-21-62(22-18-34)47-40(41-16-20-59-64(41)44-7-5-6-23-71-44)25-36(28-56-47)48(67)60-37-12-14-39(15-13-37)72-52(53,54)55/h8-16,20,25,28,31,34,38,42,44,46,65H,5-7,17-19,21-24,26-27,29-30H2,1-4H3,(H,57,68)(H,60,67)(H,61,66)/t38-,42+,44?,46?/m1/s1. The third kappa shape index (κ3) is 13.8. The number of carbonyl (C=O) groups is 4. The molecule has 3 saturated heterocycles. The van der Waals surface area contributed by atoms with E-state index in [1.54, 1.807) is 23.6 Å². The van der Waals surface area contributed by atoms with Crippen LogP contribution in [0.25, 0.3) is 21.7 Å². The number of aliphatic hydroxyl groups excluding tert-OH is 1. The van der Waals surface area contributed by atoms with Crippen LogP contribution in [-0.4, -0.2) is 117 Å². The monoisotopic (exact) mass is 1050 g/mol. The van der Waals surface area contributed by atoms with E-state index in [1.165, 1.54) is 35.4 Å². The van der Waals surface area contributed by atoms with E-state index < -0.39 is 41.0 Å². The van der Waals surface area contributed by atoms with Gasteiger partial charge >= 0.3 is 5.57 Å². The second-order valence-corrected chi connectivity index (χ2v) is 21.1. The van der Waals surface area contributed by atoms with E-state index in [2.05, 4.69) is 35.7 Å². The van der Waals surface area contributed by atoms with Crippen LogP contribution in [0.4, 0.5) is 20.3 Å². The molecule has 2 aromatic carbocycles. The van der Waals surface area contributed by atoms with Gasteiger partial charge in [-0.25, -0.2) is 14.6 Å². The zero-order valence-corrected chi connectivity index (χ0v) is 42.9. The molecule has 0 bridgehead atoms. The summed E-state index contributed by atoms with van der Waals surface area (Å²) in [7, 11) is 0. The second kappa shape index (κ2) is 23.4. The number of alkyl halides is 3. The molecule has 6 heterocycles. The first-order valence-corrected chi connectivity index (χ1v) is 25.9. The van der Waals surface area contributed by atoms with Crippen LogP contribution in [0.2, 0.25) is 0 Å². The van der Waals surface area contributed by atoms with E-state index in [0.717, 1.165) is 59.5 Å². The fraction of sp³-hybridized carbons (Fsp3) is 0.481. The third-order valence-corrected chi connectivity index (χ3v) is 14.4. The van der Waals surface area contributed by atoms with Crippen LogP contribution >= 0.6 is 22.9 Å². The van der Waals surface area contributed by atoms with Gasteiger partial charge in [-0.3, -0.25) is 19.2 Å². The molecule has 4 atom stereocenters. The van der Waals surface area contributed by atoms with E-state index in [0.29, 0.717) is 43.4 Å². The zero-order valence-electron chi connectivity index (χ0n) is 41.3. The maximum Gasteiger partial charge on any atom is 0.487 e. The van der Waals surface area contributed by atoms with Gasteiger partial charge in [-0.2, -0.15) is 5.10 Å². The van der Waals surface area contributed by atoms with E-state index >= 15 is 0 Å². The number of halogens is 3. The number of piperidine rings is 1. The number of aromatic nitrogens is 4. The number of aryl methyl sites for hydroxylation is 1. The number of benzene rings is 2. The molecule has 73 heavy (non-hydrogen) atoms. The number of hydrogen-bond acceptors (Lipinski definition) is 13. The topological polar surface area (TPSA) is 202 Å². The number of nitrogens with zero attached hydrogens (tertiary/aromatic N) is 6. The second-order valence-electron chi connectivity index (χ2n) is 19.8. The molecule has 17 nitrogen and oxygen atoms in total. The van der Waals surface area contributed by atoms with Crippen LogP contribution < -0.4 is 25.6 Å². The Morgan fingerprint density at radius 1 is 1.00 bits per heavy atom. The van der Waals surface area contributed by atoms with Crippen molar-refractivity contribution in [3.63, 3.8) is 0 Å². The molecule has 4 amide bonds. The van der Waals surface area contributed by atoms with Crippen molar-refractivity contribution in [1.29, 1.82) is 0 Å². The van der Waals surface area contributed by atoms with Gasteiger partial charge in [0.15, 0.2) is 6.23 Å².